The molecule has 2 aromatic rings. The fourth-order valence-corrected chi connectivity index (χ4v) is 2.66. The minimum Gasteiger partial charge on any atom is -0.486 e. The number of para-hydroxylation sites is 2. The van der Waals surface area contributed by atoms with Gasteiger partial charge in [-0.2, -0.15) is 0 Å². The summed E-state index contributed by atoms with van der Waals surface area (Å²) in [6.07, 6.45) is 1.40. The van der Waals surface area contributed by atoms with Gasteiger partial charge in [-0.3, -0.25) is 4.79 Å². The van der Waals surface area contributed by atoms with Crippen molar-refractivity contribution in [3.63, 3.8) is 0 Å². The number of rotatable bonds is 5. The van der Waals surface area contributed by atoms with E-state index < -0.39 is 0 Å². The van der Waals surface area contributed by atoms with Crippen molar-refractivity contribution in [2.45, 2.75) is 26.0 Å². The Kier molecular flexibility index (Phi) is 5.07. The first-order chi connectivity index (χ1) is 12.0. The number of ether oxygens (including phenoxy) is 2. The molecule has 0 saturated heterocycles. The van der Waals surface area contributed by atoms with Crippen LogP contribution in [0.5, 0.6) is 11.5 Å². The minimum atomic E-state index is -0.196. The summed E-state index contributed by atoms with van der Waals surface area (Å²) in [7, 11) is 1.76. The molecule has 1 N–H and O–H groups in total. The lowest BCUT2D eigenvalue weighted by molar-refractivity contribution is 0.0520. The molecular weight excluding hydrogens is 318 g/mol. The van der Waals surface area contributed by atoms with Crippen LogP contribution in [0.15, 0.2) is 42.6 Å². The summed E-state index contributed by atoms with van der Waals surface area (Å²) in [4.78, 5) is 18.5. The highest BCUT2D eigenvalue weighted by atomic mass is 16.6. The molecule has 0 saturated carbocycles. The highest BCUT2D eigenvalue weighted by Crippen LogP contribution is 2.31. The van der Waals surface area contributed by atoms with Crippen molar-refractivity contribution in [1.82, 2.24) is 9.88 Å². The van der Waals surface area contributed by atoms with Crippen LogP contribution < -0.4 is 14.8 Å². The number of aromatic nitrogens is 1. The minimum absolute atomic E-state index is 0.0916. The zero-order valence-corrected chi connectivity index (χ0v) is 14.7. The van der Waals surface area contributed by atoms with Crippen LogP contribution in [0.25, 0.3) is 0 Å². The number of carbonyl (C=O) groups is 1. The summed E-state index contributed by atoms with van der Waals surface area (Å²) in [5.41, 5.74) is 0.550. The SMILES string of the molecule is CC(C)Nc1ccc(C(=O)N(C)C[C@@H]2COc3ccccc3O2)cn1. The van der Waals surface area contributed by atoms with Crippen molar-refractivity contribution < 1.29 is 14.3 Å². The molecule has 0 radical (unpaired) electrons. The molecular formula is C19H23N3O3. The second-order valence-corrected chi connectivity index (χ2v) is 6.41. The maximum Gasteiger partial charge on any atom is 0.255 e. The molecule has 0 unspecified atom stereocenters. The Bertz CT molecular complexity index is 731. The first-order valence-electron chi connectivity index (χ1n) is 8.39. The number of likely N-dealkylation sites (N-methyl/N-ethyl adjacent to an activating group) is 1. The van der Waals surface area contributed by atoms with E-state index in [-0.39, 0.29) is 12.0 Å². The maximum atomic E-state index is 12.6. The van der Waals surface area contributed by atoms with Gasteiger partial charge in [0, 0.05) is 19.3 Å². The molecule has 1 aliphatic heterocycles. The maximum absolute atomic E-state index is 12.6. The number of pyridine rings is 1. The van der Waals surface area contributed by atoms with Gasteiger partial charge in [-0.15, -0.1) is 0 Å². The molecule has 1 atom stereocenters. The average molecular weight is 341 g/mol. The second-order valence-electron chi connectivity index (χ2n) is 6.41. The normalized spacial score (nSPS) is 15.8. The largest absolute Gasteiger partial charge is 0.486 e. The number of hydrogen-bond acceptors (Lipinski definition) is 5. The van der Waals surface area contributed by atoms with Crippen LogP contribution in [0.3, 0.4) is 0 Å². The molecule has 25 heavy (non-hydrogen) atoms. The average Bonchev–Trinajstić information content (AvgIpc) is 2.61. The Labute approximate surface area is 147 Å². The van der Waals surface area contributed by atoms with E-state index in [2.05, 4.69) is 10.3 Å². The lowest BCUT2D eigenvalue weighted by Crippen LogP contribution is -2.41. The Morgan fingerprint density at radius 3 is 2.72 bits per heavy atom. The molecule has 2 heterocycles. The number of nitrogens with one attached hydrogen (secondary N) is 1. The van der Waals surface area contributed by atoms with Crippen LogP contribution in [0.1, 0.15) is 24.2 Å². The highest BCUT2D eigenvalue weighted by molar-refractivity contribution is 5.93. The summed E-state index contributed by atoms with van der Waals surface area (Å²) in [6.45, 7) is 4.95. The third-order valence-corrected chi connectivity index (χ3v) is 3.84. The van der Waals surface area contributed by atoms with E-state index in [1.165, 1.54) is 0 Å². The third kappa shape index (κ3) is 4.21. The number of nitrogens with zero attached hydrogens (tertiary/aromatic N) is 2. The third-order valence-electron chi connectivity index (χ3n) is 3.84. The molecule has 1 aromatic carbocycles. The summed E-state index contributed by atoms with van der Waals surface area (Å²) in [6, 6.07) is 11.4. The van der Waals surface area contributed by atoms with E-state index in [0.717, 1.165) is 11.6 Å². The first-order valence-corrected chi connectivity index (χ1v) is 8.39. The standard InChI is InChI=1S/C19H23N3O3/c1-13(2)21-18-9-8-14(10-20-18)19(23)22(3)11-15-12-24-16-6-4-5-7-17(16)25-15/h4-10,13,15H,11-12H2,1-3H3,(H,20,21)/t15-/m1/s1. The van der Waals surface area contributed by atoms with Gasteiger partial charge in [-0.25, -0.2) is 4.98 Å². The molecule has 0 aliphatic carbocycles. The lowest BCUT2D eigenvalue weighted by atomic mass is 10.2. The number of anilines is 1. The predicted molar refractivity (Wildman–Crippen MR) is 96.3 cm³/mol. The van der Waals surface area contributed by atoms with Crippen LogP contribution in [0.4, 0.5) is 5.82 Å². The Hall–Kier alpha value is -2.76. The van der Waals surface area contributed by atoms with E-state index in [1.54, 1.807) is 24.2 Å². The fraction of sp³-hybridized carbons (Fsp3) is 0.368. The van der Waals surface area contributed by atoms with E-state index in [0.29, 0.717) is 30.5 Å². The van der Waals surface area contributed by atoms with Crippen LogP contribution in [-0.4, -0.2) is 48.1 Å². The lowest BCUT2D eigenvalue weighted by Gasteiger charge is -2.29. The molecule has 1 aliphatic rings. The van der Waals surface area contributed by atoms with Gasteiger partial charge in [0.1, 0.15) is 12.4 Å². The van der Waals surface area contributed by atoms with Gasteiger partial charge in [0.2, 0.25) is 0 Å². The second kappa shape index (κ2) is 7.42. The Balaban J connectivity index is 1.59. The summed E-state index contributed by atoms with van der Waals surface area (Å²) >= 11 is 0. The van der Waals surface area contributed by atoms with Crippen LogP contribution in [0, 0.1) is 0 Å². The topological polar surface area (TPSA) is 63.7 Å². The van der Waals surface area contributed by atoms with Crippen molar-refractivity contribution in [2.24, 2.45) is 0 Å². The van der Waals surface area contributed by atoms with Crippen molar-refractivity contribution in [3.05, 3.63) is 48.2 Å². The first kappa shape index (κ1) is 17.1. The van der Waals surface area contributed by atoms with E-state index >= 15 is 0 Å². The van der Waals surface area contributed by atoms with Gasteiger partial charge in [0.05, 0.1) is 12.1 Å². The highest BCUT2D eigenvalue weighted by Gasteiger charge is 2.24. The number of amides is 1. The molecule has 1 aromatic heterocycles. The van der Waals surface area contributed by atoms with Gasteiger partial charge >= 0.3 is 0 Å². The zero-order valence-electron chi connectivity index (χ0n) is 14.7. The van der Waals surface area contributed by atoms with Crippen molar-refractivity contribution >= 4 is 11.7 Å². The van der Waals surface area contributed by atoms with Crippen LogP contribution in [0.2, 0.25) is 0 Å². The monoisotopic (exact) mass is 341 g/mol. The van der Waals surface area contributed by atoms with Crippen molar-refractivity contribution in [2.75, 3.05) is 25.5 Å². The fourth-order valence-electron chi connectivity index (χ4n) is 2.66. The Morgan fingerprint density at radius 1 is 1.28 bits per heavy atom. The summed E-state index contributed by atoms with van der Waals surface area (Å²) < 4.78 is 11.6. The molecule has 0 fully saturated rings. The van der Waals surface area contributed by atoms with Crippen molar-refractivity contribution in [1.29, 1.82) is 0 Å². The molecule has 0 bridgehead atoms. The van der Waals surface area contributed by atoms with Gasteiger partial charge in [-0.05, 0) is 38.1 Å². The number of hydrogen-bond donors (Lipinski definition) is 1. The zero-order chi connectivity index (χ0) is 17.8. The molecule has 1 amide bonds. The van der Waals surface area contributed by atoms with Gasteiger partial charge in [0.15, 0.2) is 17.6 Å². The molecule has 6 heteroatoms. The molecule has 132 valence electrons. The quantitative estimate of drug-likeness (QED) is 0.906. The van der Waals surface area contributed by atoms with Gasteiger partial charge in [-0.1, -0.05) is 12.1 Å². The van der Waals surface area contributed by atoms with Crippen molar-refractivity contribution in [3.8, 4) is 11.5 Å². The molecule has 3 rings (SSSR count). The van der Waals surface area contributed by atoms with Crippen LogP contribution >= 0.6 is 0 Å². The van der Waals surface area contributed by atoms with Gasteiger partial charge in [0.25, 0.3) is 5.91 Å². The van der Waals surface area contributed by atoms with E-state index in [9.17, 15) is 4.79 Å². The summed E-state index contributed by atoms with van der Waals surface area (Å²) in [5, 5.41) is 3.20. The number of fused-ring (bicyclic) bond motifs is 1. The Morgan fingerprint density at radius 2 is 2.04 bits per heavy atom. The predicted octanol–water partition coefficient (Wildman–Crippen LogP) is 2.81. The number of benzene rings is 1. The van der Waals surface area contributed by atoms with E-state index in [1.807, 2.05) is 44.2 Å². The van der Waals surface area contributed by atoms with Crippen LogP contribution in [-0.2, 0) is 0 Å². The smallest absolute Gasteiger partial charge is 0.255 e. The molecule has 0 spiro atoms. The van der Waals surface area contributed by atoms with E-state index in [4.69, 9.17) is 9.47 Å². The molecule has 6 nitrogen and oxygen atoms in total. The number of carbonyl (C=O) groups excluding carboxylic acids is 1. The summed E-state index contributed by atoms with van der Waals surface area (Å²) in [5.74, 6) is 2.12. The van der Waals surface area contributed by atoms with Gasteiger partial charge < -0.3 is 19.7 Å².